The van der Waals surface area contributed by atoms with E-state index < -0.39 is 26.2 Å². The first-order valence-corrected chi connectivity index (χ1v) is 10.5. The van der Waals surface area contributed by atoms with Gasteiger partial charge in [-0.15, -0.1) is 0 Å². The zero-order chi connectivity index (χ0) is 17.1. The lowest BCUT2D eigenvalue weighted by Crippen LogP contribution is -2.51. The van der Waals surface area contributed by atoms with E-state index in [1.807, 2.05) is 27.7 Å². The Balaban J connectivity index is 4.86. The normalized spacial score (nSPS) is 16.3. The van der Waals surface area contributed by atoms with Crippen molar-refractivity contribution in [2.75, 3.05) is 0 Å². The van der Waals surface area contributed by atoms with Crippen molar-refractivity contribution in [1.29, 1.82) is 0 Å². The Morgan fingerprint density at radius 3 is 2.00 bits per heavy atom. The highest BCUT2D eigenvalue weighted by atomic mass is 28.4. The van der Waals surface area contributed by atoms with E-state index in [0.717, 1.165) is 0 Å². The number of nitrogens with two attached hydrogens (primary N) is 1. The van der Waals surface area contributed by atoms with Gasteiger partial charge in [0, 0.05) is 12.5 Å². The molecule has 0 aliphatic rings. The van der Waals surface area contributed by atoms with E-state index >= 15 is 0 Å². The van der Waals surface area contributed by atoms with Crippen LogP contribution in [0, 0.1) is 0 Å². The first-order chi connectivity index (χ1) is 9.14. The van der Waals surface area contributed by atoms with Crippen LogP contribution in [0.15, 0.2) is 0 Å². The maximum Gasteiger partial charge on any atom is 0.409 e. The standard InChI is InChI=1S/C15H34N2O3Si/c1-11(16)10-12(17-13(18)19-14(2,3)4)20-21(8,9)15(5,6)7/h11-12H,10,16H2,1-9H3,(H,17,18). The van der Waals surface area contributed by atoms with Gasteiger partial charge in [-0.05, 0) is 45.8 Å². The number of amides is 1. The monoisotopic (exact) mass is 318 g/mol. The van der Waals surface area contributed by atoms with Crippen LogP contribution in [-0.2, 0) is 9.16 Å². The molecule has 0 fully saturated rings. The zero-order valence-corrected chi connectivity index (χ0v) is 16.2. The molecule has 21 heavy (non-hydrogen) atoms. The number of ether oxygens (including phenoxy) is 1. The third-order valence-corrected chi connectivity index (χ3v) is 7.99. The molecular weight excluding hydrogens is 284 g/mol. The average molecular weight is 319 g/mol. The first kappa shape index (κ1) is 20.4. The van der Waals surface area contributed by atoms with Gasteiger partial charge in [-0.2, -0.15) is 0 Å². The largest absolute Gasteiger partial charge is 0.444 e. The summed E-state index contributed by atoms with van der Waals surface area (Å²) in [6.45, 7) is 18.2. The van der Waals surface area contributed by atoms with E-state index in [2.05, 4.69) is 39.2 Å². The van der Waals surface area contributed by atoms with Crippen molar-refractivity contribution in [2.45, 2.75) is 90.9 Å². The van der Waals surface area contributed by atoms with E-state index in [0.29, 0.717) is 6.42 Å². The lowest BCUT2D eigenvalue weighted by Gasteiger charge is -2.39. The Bertz CT molecular complexity index is 344. The molecule has 0 aromatic rings. The number of alkyl carbamates (subject to hydrolysis) is 1. The minimum absolute atomic E-state index is 0.0605. The van der Waals surface area contributed by atoms with E-state index in [9.17, 15) is 4.79 Å². The van der Waals surface area contributed by atoms with Crippen LogP contribution >= 0.6 is 0 Å². The fraction of sp³-hybridized carbons (Fsp3) is 0.933. The molecule has 0 radical (unpaired) electrons. The molecule has 0 rings (SSSR count). The number of rotatable bonds is 5. The highest BCUT2D eigenvalue weighted by molar-refractivity contribution is 6.74. The molecule has 0 bridgehead atoms. The van der Waals surface area contributed by atoms with Gasteiger partial charge < -0.3 is 14.9 Å². The molecule has 3 N–H and O–H groups in total. The fourth-order valence-electron chi connectivity index (χ4n) is 1.45. The maximum atomic E-state index is 11.9. The molecule has 0 aliphatic carbocycles. The molecule has 0 saturated heterocycles. The smallest absolute Gasteiger partial charge is 0.409 e. The van der Waals surface area contributed by atoms with Crippen LogP contribution in [0.4, 0.5) is 4.79 Å². The summed E-state index contributed by atoms with van der Waals surface area (Å²) < 4.78 is 11.5. The molecule has 1 amide bonds. The van der Waals surface area contributed by atoms with Crippen molar-refractivity contribution in [3.8, 4) is 0 Å². The lowest BCUT2D eigenvalue weighted by molar-refractivity contribution is 0.0357. The number of nitrogens with one attached hydrogen (secondary N) is 1. The Morgan fingerprint density at radius 2 is 1.67 bits per heavy atom. The number of hydrogen-bond donors (Lipinski definition) is 2. The van der Waals surface area contributed by atoms with Gasteiger partial charge in [-0.3, -0.25) is 5.32 Å². The van der Waals surface area contributed by atoms with Gasteiger partial charge in [-0.1, -0.05) is 20.8 Å². The van der Waals surface area contributed by atoms with Crippen LogP contribution in [0.5, 0.6) is 0 Å². The second kappa shape index (κ2) is 7.11. The molecule has 126 valence electrons. The predicted molar refractivity (Wildman–Crippen MR) is 89.7 cm³/mol. The van der Waals surface area contributed by atoms with Crippen molar-refractivity contribution in [2.24, 2.45) is 5.73 Å². The first-order valence-electron chi connectivity index (χ1n) is 7.57. The third-order valence-electron chi connectivity index (χ3n) is 3.51. The Morgan fingerprint density at radius 1 is 1.19 bits per heavy atom. The quantitative estimate of drug-likeness (QED) is 0.600. The molecule has 5 nitrogen and oxygen atoms in total. The number of carbonyl (C=O) groups excluding carboxylic acids is 1. The van der Waals surface area contributed by atoms with Crippen LogP contribution in [-0.4, -0.2) is 32.3 Å². The van der Waals surface area contributed by atoms with Crippen LogP contribution in [0.2, 0.25) is 18.1 Å². The fourth-order valence-corrected chi connectivity index (χ4v) is 2.67. The third kappa shape index (κ3) is 8.43. The van der Waals surface area contributed by atoms with Crippen molar-refractivity contribution in [3.63, 3.8) is 0 Å². The summed E-state index contributed by atoms with van der Waals surface area (Å²) in [7, 11) is -1.99. The van der Waals surface area contributed by atoms with E-state index in [-0.39, 0.29) is 11.1 Å². The Labute approximate surface area is 131 Å². The molecule has 0 aromatic carbocycles. The van der Waals surface area contributed by atoms with Gasteiger partial charge in [0.1, 0.15) is 11.8 Å². The second-order valence-corrected chi connectivity index (χ2v) is 13.0. The van der Waals surface area contributed by atoms with E-state index in [1.54, 1.807) is 0 Å². The summed E-state index contributed by atoms with van der Waals surface area (Å²) in [6, 6.07) is -0.0605. The van der Waals surface area contributed by atoms with Gasteiger partial charge >= 0.3 is 6.09 Å². The summed E-state index contributed by atoms with van der Waals surface area (Å²) in [5, 5.41) is 2.87. The lowest BCUT2D eigenvalue weighted by atomic mass is 10.2. The molecule has 0 heterocycles. The minimum Gasteiger partial charge on any atom is -0.444 e. The topological polar surface area (TPSA) is 73.6 Å². The molecule has 0 aromatic heterocycles. The SMILES string of the molecule is CC(N)CC(NC(=O)OC(C)(C)C)O[Si](C)(C)C(C)(C)C. The van der Waals surface area contributed by atoms with E-state index in [1.165, 1.54) is 0 Å². The molecule has 0 aliphatic heterocycles. The van der Waals surface area contributed by atoms with Crippen molar-refractivity contribution < 1.29 is 14.0 Å². The van der Waals surface area contributed by atoms with Gasteiger partial charge in [-0.25, -0.2) is 4.79 Å². The van der Waals surface area contributed by atoms with Gasteiger partial charge in [0.25, 0.3) is 0 Å². The molecule has 2 unspecified atom stereocenters. The maximum absolute atomic E-state index is 11.9. The van der Waals surface area contributed by atoms with E-state index in [4.69, 9.17) is 14.9 Å². The zero-order valence-electron chi connectivity index (χ0n) is 15.2. The number of hydrogen-bond acceptors (Lipinski definition) is 4. The van der Waals surface area contributed by atoms with Gasteiger partial charge in [0.15, 0.2) is 8.32 Å². The molecule has 0 saturated carbocycles. The molecule has 0 spiro atoms. The predicted octanol–water partition coefficient (Wildman–Crippen LogP) is 3.60. The van der Waals surface area contributed by atoms with Crippen LogP contribution < -0.4 is 11.1 Å². The summed E-state index contributed by atoms with van der Waals surface area (Å²) in [5.41, 5.74) is 5.34. The second-order valence-electron chi connectivity index (χ2n) is 8.23. The minimum atomic E-state index is -1.99. The van der Waals surface area contributed by atoms with Crippen molar-refractivity contribution in [1.82, 2.24) is 5.32 Å². The Hall–Kier alpha value is -0.593. The van der Waals surface area contributed by atoms with Gasteiger partial charge in [0.2, 0.25) is 0 Å². The average Bonchev–Trinajstić information content (AvgIpc) is 2.08. The highest BCUT2D eigenvalue weighted by Gasteiger charge is 2.39. The highest BCUT2D eigenvalue weighted by Crippen LogP contribution is 2.37. The van der Waals surface area contributed by atoms with Crippen LogP contribution in [0.3, 0.4) is 0 Å². The summed E-state index contributed by atoms with van der Waals surface area (Å²) in [6.07, 6.45) is -0.321. The van der Waals surface area contributed by atoms with Gasteiger partial charge in [0.05, 0.1) is 0 Å². The van der Waals surface area contributed by atoms with Crippen molar-refractivity contribution in [3.05, 3.63) is 0 Å². The Kier molecular flexibility index (Phi) is 6.91. The van der Waals surface area contributed by atoms with Crippen molar-refractivity contribution >= 4 is 14.4 Å². The molecule has 6 heteroatoms. The van der Waals surface area contributed by atoms with Crippen LogP contribution in [0.1, 0.15) is 54.9 Å². The summed E-state index contributed by atoms with van der Waals surface area (Å²) in [4.78, 5) is 11.9. The summed E-state index contributed by atoms with van der Waals surface area (Å²) >= 11 is 0. The van der Waals surface area contributed by atoms with Crippen LogP contribution in [0.25, 0.3) is 0 Å². The molecule has 2 atom stereocenters. The summed E-state index contributed by atoms with van der Waals surface area (Å²) in [5.74, 6) is 0. The molecular formula is C15H34N2O3Si. The number of carbonyl (C=O) groups is 1.